The van der Waals surface area contributed by atoms with Crippen molar-refractivity contribution < 1.29 is 12.6 Å². The number of hydrogen-bond acceptors (Lipinski definition) is 4. The predicted molar refractivity (Wildman–Crippen MR) is 90.0 cm³/mol. The average Bonchev–Trinajstić information content (AvgIpc) is 2.83. The van der Waals surface area contributed by atoms with Gasteiger partial charge in [0.2, 0.25) is 0 Å². The molecule has 0 amide bonds. The molecule has 6 heteroatoms. The molecule has 2 rings (SSSR count). The van der Waals surface area contributed by atoms with Gasteiger partial charge in [0.05, 0.1) is 15.3 Å². The molecule has 0 atom stereocenters. The third-order valence-electron chi connectivity index (χ3n) is 2.65. The number of hydrogen-bond donors (Lipinski definition) is 0. The lowest BCUT2D eigenvalue weighted by Crippen LogP contribution is -2.18. The van der Waals surface area contributed by atoms with E-state index < -0.39 is 10.1 Å². The van der Waals surface area contributed by atoms with Crippen LogP contribution in [0.1, 0.15) is 20.8 Å². The van der Waals surface area contributed by atoms with Crippen LogP contribution in [0.15, 0.2) is 45.1 Å². The molecule has 3 nitrogen and oxygen atoms in total. The van der Waals surface area contributed by atoms with Gasteiger partial charge in [-0.1, -0.05) is 32.9 Å². The van der Waals surface area contributed by atoms with E-state index in [1.807, 2.05) is 32.9 Å². The van der Waals surface area contributed by atoms with Crippen LogP contribution in [0.3, 0.4) is 0 Å². The standard InChI is InChI=1S/C15H17BrO3S2/c1-15(2,3)10-19-21(17,18)12-6-4-11(5-7-12)13-8-9-14(16)20-13/h4-9H,10H2,1-3H3. The number of halogens is 1. The molecule has 0 fully saturated rings. The molecular weight excluding hydrogens is 372 g/mol. The third-order valence-corrected chi connectivity index (χ3v) is 5.60. The second kappa shape index (κ2) is 6.20. The Morgan fingerprint density at radius 2 is 1.71 bits per heavy atom. The molecule has 0 aliphatic heterocycles. The Morgan fingerprint density at radius 1 is 1.10 bits per heavy atom. The van der Waals surface area contributed by atoms with Gasteiger partial charge in [-0.2, -0.15) is 8.42 Å². The van der Waals surface area contributed by atoms with Crippen molar-refractivity contribution in [2.24, 2.45) is 5.41 Å². The highest BCUT2D eigenvalue weighted by molar-refractivity contribution is 9.11. The summed E-state index contributed by atoms with van der Waals surface area (Å²) in [7, 11) is -3.69. The van der Waals surface area contributed by atoms with Crippen molar-refractivity contribution in [3.8, 4) is 10.4 Å². The van der Waals surface area contributed by atoms with Crippen molar-refractivity contribution >= 4 is 37.4 Å². The van der Waals surface area contributed by atoms with Gasteiger partial charge in [-0.25, -0.2) is 0 Å². The lowest BCUT2D eigenvalue weighted by Gasteiger charge is -2.17. The summed E-state index contributed by atoms with van der Waals surface area (Å²) in [4.78, 5) is 1.27. The van der Waals surface area contributed by atoms with E-state index in [9.17, 15) is 8.42 Å². The Kier molecular flexibility index (Phi) is 4.92. The summed E-state index contributed by atoms with van der Waals surface area (Å²) in [5, 5.41) is 0. The Bertz CT molecular complexity index is 710. The van der Waals surface area contributed by atoms with E-state index in [0.717, 1.165) is 14.2 Å². The molecule has 0 bridgehead atoms. The molecule has 0 saturated heterocycles. The van der Waals surface area contributed by atoms with Crippen molar-refractivity contribution in [2.45, 2.75) is 25.7 Å². The van der Waals surface area contributed by atoms with E-state index in [-0.39, 0.29) is 16.9 Å². The number of rotatable bonds is 4. The fourth-order valence-corrected chi connectivity index (χ4v) is 4.08. The Labute approximate surface area is 138 Å². The van der Waals surface area contributed by atoms with E-state index in [0.29, 0.717) is 0 Å². The third kappa shape index (κ3) is 4.64. The summed E-state index contributed by atoms with van der Waals surface area (Å²) < 4.78 is 30.3. The van der Waals surface area contributed by atoms with E-state index in [1.165, 1.54) is 0 Å². The molecule has 0 radical (unpaired) electrons. The molecule has 114 valence electrons. The SMILES string of the molecule is CC(C)(C)COS(=O)(=O)c1ccc(-c2ccc(Br)s2)cc1. The normalized spacial score (nSPS) is 12.6. The predicted octanol–water partition coefficient (Wildman–Crippen LogP) is 4.93. The lowest BCUT2D eigenvalue weighted by molar-refractivity contribution is 0.203. The van der Waals surface area contributed by atoms with Crippen LogP contribution in [0.25, 0.3) is 10.4 Å². The van der Waals surface area contributed by atoms with Crippen molar-refractivity contribution in [1.82, 2.24) is 0 Å². The maximum Gasteiger partial charge on any atom is 0.296 e. The zero-order chi connectivity index (χ0) is 15.7. The molecular formula is C15H17BrO3S2. The Balaban J connectivity index is 2.18. The fourth-order valence-electron chi connectivity index (χ4n) is 1.58. The van der Waals surface area contributed by atoms with Gasteiger partial charge in [0, 0.05) is 4.88 Å². The summed E-state index contributed by atoms with van der Waals surface area (Å²) in [5.74, 6) is 0. The van der Waals surface area contributed by atoms with E-state index in [4.69, 9.17) is 4.18 Å². The lowest BCUT2D eigenvalue weighted by atomic mass is 9.99. The Hall–Kier alpha value is -0.690. The van der Waals surface area contributed by atoms with Gasteiger partial charge in [0.1, 0.15) is 0 Å². The highest BCUT2D eigenvalue weighted by Gasteiger charge is 2.20. The number of benzene rings is 1. The number of thiophene rings is 1. The minimum Gasteiger partial charge on any atom is -0.266 e. The summed E-state index contributed by atoms with van der Waals surface area (Å²) in [6.07, 6.45) is 0. The molecule has 0 spiro atoms. The second-order valence-electron chi connectivity index (χ2n) is 5.91. The van der Waals surface area contributed by atoms with Gasteiger partial charge in [-0.15, -0.1) is 11.3 Å². The van der Waals surface area contributed by atoms with Gasteiger partial charge < -0.3 is 0 Å². The summed E-state index contributed by atoms with van der Waals surface area (Å²) in [6, 6.07) is 10.7. The zero-order valence-electron chi connectivity index (χ0n) is 12.1. The van der Waals surface area contributed by atoms with Crippen molar-refractivity contribution in [3.05, 3.63) is 40.2 Å². The minimum atomic E-state index is -3.69. The Morgan fingerprint density at radius 3 is 2.19 bits per heavy atom. The first-order chi connectivity index (χ1) is 9.67. The van der Waals surface area contributed by atoms with Crippen molar-refractivity contribution in [1.29, 1.82) is 0 Å². The van der Waals surface area contributed by atoms with Crippen LogP contribution in [0.2, 0.25) is 0 Å². The zero-order valence-corrected chi connectivity index (χ0v) is 15.3. The molecule has 0 saturated carbocycles. The summed E-state index contributed by atoms with van der Waals surface area (Å²) >= 11 is 5.02. The summed E-state index contributed by atoms with van der Waals surface area (Å²) in [6.45, 7) is 5.95. The molecule has 21 heavy (non-hydrogen) atoms. The van der Waals surface area contributed by atoms with Crippen LogP contribution in [-0.2, 0) is 14.3 Å². The largest absolute Gasteiger partial charge is 0.296 e. The van der Waals surface area contributed by atoms with Gasteiger partial charge in [-0.05, 0) is 51.2 Å². The van der Waals surface area contributed by atoms with Crippen LogP contribution in [0.5, 0.6) is 0 Å². The van der Waals surface area contributed by atoms with Crippen LogP contribution in [0, 0.1) is 5.41 Å². The molecule has 0 N–H and O–H groups in total. The first kappa shape index (κ1) is 16.7. The minimum absolute atomic E-state index is 0.162. The van der Waals surface area contributed by atoms with Gasteiger partial charge in [0.25, 0.3) is 10.1 Å². The first-order valence-corrected chi connectivity index (χ1v) is 9.44. The molecule has 1 aromatic heterocycles. The quantitative estimate of drug-likeness (QED) is 0.697. The maximum atomic E-state index is 12.1. The first-order valence-electron chi connectivity index (χ1n) is 6.43. The van der Waals surface area contributed by atoms with E-state index in [1.54, 1.807) is 35.6 Å². The van der Waals surface area contributed by atoms with Gasteiger partial charge >= 0.3 is 0 Å². The van der Waals surface area contributed by atoms with Crippen LogP contribution < -0.4 is 0 Å². The molecule has 0 unspecified atom stereocenters. The highest BCUT2D eigenvalue weighted by Crippen LogP contribution is 2.32. The fraction of sp³-hybridized carbons (Fsp3) is 0.333. The molecule has 0 aliphatic carbocycles. The van der Waals surface area contributed by atoms with E-state index in [2.05, 4.69) is 15.9 Å². The monoisotopic (exact) mass is 388 g/mol. The van der Waals surface area contributed by atoms with Gasteiger partial charge in [0.15, 0.2) is 0 Å². The highest BCUT2D eigenvalue weighted by atomic mass is 79.9. The van der Waals surface area contributed by atoms with Crippen LogP contribution in [-0.4, -0.2) is 15.0 Å². The second-order valence-corrected chi connectivity index (χ2v) is 9.98. The molecule has 2 aromatic rings. The molecule has 0 aliphatic rings. The maximum absolute atomic E-state index is 12.1. The van der Waals surface area contributed by atoms with Crippen molar-refractivity contribution in [2.75, 3.05) is 6.61 Å². The molecule has 1 heterocycles. The molecule has 1 aromatic carbocycles. The van der Waals surface area contributed by atoms with Crippen LogP contribution in [0.4, 0.5) is 0 Å². The van der Waals surface area contributed by atoms with Crippen molar-refractivity contribution in [3.63, 3.8) is 0 Å². The van der Waals surface area contributed by atoms with E-state index >= 15 is 0 Å². The van der Waals surface area contributed by atoms with Crippen LogP contribution >= 0.6 is 27.3 Å². The summed E-state index contributed by atoms with van der Waals surface area (Å²) in [5.41, 5.74) is 0.788. The van der Waals surface area contributed by atoms with Gasteiger partial charge in [-0.3, -0.25) is 4.18 Å². The smallest absolute Gasteiger partial charge is 0.266 e. The topological polar surface area (TPSA) is 43.4 Å². The average molecular weight is 389 g/mol.